The average molecular weight is 258 g/mol. The summed E-state index contributed by atoms with van der Waals surface area (Å²) in [5.41, 5.74) is 5.57. The summed E-state index contributed by atoms with van der Waals surface area (Å²) in [5.74, 6) is 1.11. The maximum atomic E-state index is 11.6. The third-order valence-electron chi connectivity index (χ3n) is 3.38. The standard InChI is InChI=1S/C14H30N2O2/c1-4-5-13(17)10-16-14(18)7-6-12(8-9-15)11(2)3/h11-13,17H,4-10,15H2,1-3H3,(H,16,18). The number of aliphatic hydroxyl groups is 1. The Labute approximate surface area is 111 Å². The van der Waals surface area contributed by atoms with Gasteiger partial charge in [-0.15, -0.1) is 0 Å². The number of aliphatic hydroxyl groups excluding tert-OH is 1. The minimum atomic E-state index is -0.413. The van der Waals surface area contributed by atoms with E-state index in [-0.39, 0.29) is 5.91 Å². The molecule has 0 aromatic heterocycles. The number of amides is 1. The van der Waals surface area contributed by atoms with Crippen molar-refractivity contribution >= 4 is 5.91 Å². The zero-order valence-electron chi connectivity index (χ0n) is 12.1. The molecule has 0 rings (SSSR count). The molecule has 0 saturated heterocycles. The molecule has 0 aromatic carbocycles. The summed E-state index contributed by atoms with van der Waals surface area (Å²) in [7, 11) is 0. The van der Waals surface area contributed by atoms with E-state index in [2.05, 4.69) is 19.2 Å². The van der Waals surface area contributed by atoms with Gasteiger partial charge in [-0.25, -0.2) is 0 Å². The number of hydrogen-bond acceptors (Lipinski definition) is 3. The summed E-state index contributed by atoms with van der Waals surface area (Å²) in [6.45, 7) is 7.41. The van der Waals surface area contributed by atoms with Crippen molar-refractivity contribution in [2.75, 3.05) is 13.1 Å². The van der Waals surface area contributed by atoms with Crippen molar-refractivity contribution in [3.8, 4) is 0 Å². The third-order valence-corrected chi connectivity index (χ3v) is 3.38. The normalized spacial score (nSPS) is 14.6. The first-order valence-electron chi connectivity index (χ1n) is 7.16. The van der Waals surface area contributed by atoms with Gasteiger partial charge >= 0.3 is 0 Å². The van der Waals surface area contributed by atoms with Crippen LogP contribution in [0, 0.1) is 11.8 Å². The van der Waals surface area contributed by atoms with Crippen LogP contribution >= 0.6 is 0 Å². The molecule has 4 heteroatoms. The van der Waals surface area contributed by atoms with Crippen LogP contribution in [0.25, 0.3) is 0 Å². The lowest BCUT2D eigenvalue weighted by molar-refractivity contribution is -0.121. The molecule has 0 saturated carbocycles. The molecule has 18 heavy (non-hydrogen) atoms. The quantitative estimate of drug-likeness (QED) is 0.558. The predicted octanol–water partition coefficient (Wildman–Crippen LogP) is 1.66. The molecular weight excluding hydrogens is 228 g/mol. The maximum absolute atomic E-state index is 11.6. The highest BCUT2D eigenvalue weighted by Gasteiger charge is 2.14. The molecule has 4 N–H and O–H groups in total. The van der Waals surface area contributed by atoms with Crippen LogP contribution in [-0.2, 0) is 4.79 Å². The molecular formula is C14H30N2O2. The van der Waals surface area contributed by atoms with Gasteiger partial charge in [0.15, 0.2) is 0 Å². The predicted molar refractivity (Wildman–Crippen MR) is 75.2 cm³/mol. The van der Waals surface area contributed by atoms with Crippen molar-refractivity contribution in [3.05, 3.63) is 0 Å². The van der Waals surface area contributed by atoms with Crippen molar-refractivity contribution in [3.63, 3.8) is 0 Å². The second-order valence-electron chi connectivity index (χ2n) is 5.37. The molecule has 0 aromatic rings. The molecule has 0 heterocycles. The smallest absolute Gasteiger partial charge is 0.220 e. The second kappa shape index (κ2) is 10.3. The fourth-order valence-corrected chi connectivity index (χ4v) is 2.10. The molecule has 0 aliphatic heterocycles. The van der Waals surface area contributed by atoms with Gasteiger partial charge in [-0.05, 0) is 37.6 Å². The Morgan fingerprint density at radius 2 is 1.94 bits per heavy atom. The lowest BCUT2D eigenvalue weighted by atomic mass is 9.88. The average Bonchev–Trinajstić information content (AvgIpc) is 2.31. The Balaban J connectivity index is 3.80. The Kier molecular flexibility index (Phi) is 9.98. The molecule has 108 valence electrons. The monoisotopic (exact) mass is 258 g/mol. The highest BCUT2D eigenvalue weighted by molar-refractivity contribution is 5.75. The Morgan fingerprint density at radius 1 is 1.28 bits per heavy atom. The van der Waals surface area contributed by atoms with Crippen molar-refractivity contribution in [2.24, 2.45) is 17.6 Å². The minimum absolute atomic E-state index is 0.0350. The largest absolute Gasteiger partial charge is 0.391 e. The molecule has 0 spiro atoms. The van der Waals surface area contributed by atoms with Gasteiger partial charge < -0.3 is 16.2 Å². The number of carbonyl (C=O) groups excluding carboxylic acids is 1. The van der Waals surface area contributed by atoms with Crippen LogP contribution in [-0.4, -0.2) is 30.2 Å². The van der Waals surface area contributed by atoms with E-state index in [0.717, 1.165) is 25.7 Å². The highest BCUT2D eigenvalue weighted by Crippen LogP contribution is 2.20. The van der Waals surface area contributed by atoms with E-state index < -0.39 is 6.10 Å². The molecule has 0 radical (unpaired) electrons. The van der Waals surface area contributed by atoms with Gasteiger partial charge in [0.05, 0.1) is 6.10 Å². The van der Waals surface area contributed by atoms with Crippen molar-refractivity contribution in [1.82, 2.24) is 5.32 Å². The molecule has 2 atom stereocenters. The molecule has 1 amide bonds. The van der Waals surface area contributed by atoms with Crippen LogP contribution in [0.1, 0.15) is 52.9 Å². The van der Waals surface area contributed by atoms with Gasteiger partial charge in [0, 0.05) is 13.0 Å². The molecule has 0 aliphatic carbocycles. The number of carbonyl (C=O) groups is 1. The topological polar surface area (TPSA) is 75.3 Å². The van der Waals surface area contributed by atoms with Crippen LogP contribution in [0.3, 0.4) is 0 Å². The van der Waals surface area contributed by atoms with Crippen LogP contribution in [0.4, 0.5) is 0 Å². The lowest BCUT2D eigenvalue weighted by Gasteiger charge is -2.20. The number of hydrogen-bond donors (Lipinski definition) is 3. The Hall–Kier alpha value is -0.610. The number of nitrogens with two attached hydrogens (primary N) is 1. The summed E-state index contributed by atoms with van der Waals surface area (Å²) in [6, 6.07) is 0. The summed E-state index contributed by atoms with van der Waals surface area (Å²) in [5, 5.41) is 12.3. The van der Waals surface area contributed by atoms with E-state index in [1.54, 1.807) is 0 Å². The second-order valence-corrected chi connectivity index (χ2v) is 5.37. The van der Waals surface area contributed by atoms with E-state index in [1.165, 1.54) is 0 Å². The molecule has 0 aliphatic rings. The summed E-state index contributed by atoms with van der Waals surface area (Å²) < 4.78 is 0. The minimum Gasteiger partial charge on any atom is -0.391 e. The van der Waals surface area contributed by atoms with E-state index in [0.29, 0.717) is 31.3 Å². The van der Waals surface area contributed by atoms with Gasteiger partial charge in [-0.2, -0.15) is 0 Å². The first-order chi connectivity index (χ1) is 8.51. The SMILES string of the molecule is CCCC(O)CNC(=O)CCC(CCN)C(C)C. The zero-order valence-corrected chi connectivity index (χ0v) is 12.1. The van der Waals surface area contributed by atoms with Gasteiger partial charge in [-0.3, -0.25) is 4.79 Å². The Bertz CT molecular complexity index is 220. The maximum Gasteiger partial charge on any atom is 0.220 e. The number of nitrogens with one attached hydrogen (secondary N) is 1. The summed E-state index contributed by atoms with van der Waals surface area (Å²) >= 11 is 0. The van der Waals surface area contributed by atoms with Gasteiger partial charge in [0.25, 0.3) is 0 Å². The molecule has 4 nitrogen and oxygen atoms in total. The Morgan fingerprint density at radius 3 is 2.44 bits per heavy atom. The molecule has 2 unspecified atom stereocenters. The fraction of sp³-hybridized carbons (Fsp3) is 0.929. The van der Waals surface area contributed by atoms with Gasteiger partial charge in [0.2, 0.25) is 5.91 Å². The van der Waals surface area contributed by atoms with Crippen LogP contribution < -0.4 is 11.1 Å². The summed E-state index contributed by atoms with van der Waals surface area (Å²) in [4.78, 5) is 11.6. The van der Waals surface area contributed by atoms with Gasteiger partial charge in [-0.1, -0.05) is 27.2 Å². The zero-order chi connectivity index (χ0) is 14.0. The van der Waals surface area contributed by atoms with Crippen molar-refractivity contribution in [1.29, 1.82) is 0 Å². The van der Waals surface area contributed by atoms with Crippen molar-refractivity contribution in [2.45, 2.75) is 59.0 Å². The van der Waals surface area contributed by atoms with Crippen LogP contribution in [0.5, 0.6) is 0 Å². The highest BCUT2D eigenvalue weighted by atomic mass is 16.3. The lowest BCUT2D eigenvalue weighted by Crippen LogP contribution is -2.32. The first kappa shape index (κ1) is 17.4. The van der Waals surface area contributed by atoms with E-state index in [9.17, 15) is 9.90 Å². The molecule has 0 bridgehead atoms. The first-order valence-corrected chi connectivity index (χ1v) is 7.16. The third kappa shape index (κ3) is 8.48. The fourth-order valence-electron chi connectivity index (χ4n) is 2.10. The van der Waals surface area contributed by atoms with Gasteiger partial charge in [0.1, 0.15) is 0 Å². The van der Waals surface area contributed by atoms with Crippen molar-refractivity contribution < 1.29 is 9.90 Å². The van der Waals surface area contributed by atoms with Crippen LogP contribution in [0.2, 0.25) is 0 Å². The summed E-state index contributed by atoms with van der Waals surface area (Å²) in [6.07, 6.45) is 3.64. The molecule has 0 fully saturated rings. The van der Waals surface area contributed by atoms with E-state index in [1.807, 2.05) is 6.92 Å². The number of rotatable bonds is 10. The van der Waals surface area contributed by atoms with E-state index in [4.69, 9.17) is 5.73 Å². The van der Waals surface area contributed by atoms with Crippen LogP contribution in [0.15, 0.2) is 0 Å². The van der Waals surface area contributed by atoms with E-state index >= 15 is 0 Å².